The number of hydrogen-bond donors (Lipinski definition) is 0. The summed E-state index contributed by atoms with van der Waals surface area (Å²) in [5.74, 6) is 0.198. The van der Waals surface area contributed by atoms with Crippen LogP contribution in [0.2, 0.25) is 0 Å². The number of methoxy groups -OCH3 is 1. The molecule has 1 aromatic carbocycles. The second-order valence-electron chi connectivity index (χ2n) is 9.29. The van der Waals surface area contributed by atoms with Crippen LogP contribution in [-0.2, 0) is 27.1 Å². The molecule has 4 rings (SSSR count). The molecule has 168 valence electrons. The number of carbonyl (C=O) groups is 2. The molecule has 1 atom stereocenters. The van der Waals surface area contributed by atoms with Crippen molar-refractivity contribution in [3.63, 3.8) is 0 Å². The first-order valence-corrected chi connectivity index (χ1v) is 10.9. The van der Waals surface area contributed by atoms with Crippen LogP contribution in [0, 0.1) is 11.3 Å². The molecule has 8 nitrogen and oxygen atoms in total. The van der Waals surface area contributed by atoms with Crippen molar-refractivity contribution >= 4 is 12.1 Å². The van der Waals surface area contributed by atoms with Gasteiger partial charge in [-0.1, -0.05) is 12.1 Å². The van der Waals surface area contributed by atoms with Crippen molar-refractivity contribution in [3.05, 3.63) is 46.8 Å². The van der Waals surface area contributed by atoms with Gasteiger partial charge in [-0.3, -0.25) is 9.69 Å². The van der Waals surface area contributed by atoms with E-state index in [2.05, 4.69) is 18.2 Å². The third-order valence-electron chi connectivity index (χ3n) is 5.75. The van der Waals surface area contributed by atoms with Crippen molar-refractivity contribution in [2.24, 2.45) is 0 Å². The Morgan fingerprint density at radius 1 is 1.22 bits per heavy atom. The zero-order chi connectivity index (χ0) is 23.0. The Morgan fingerprint density at radius 3 is 2.47 bits per heavy atom. The maximum absolute atomic E-state index is 12.8. The lowest BCUT2D eigenvalue weighted by Crippen LogP contribution is -2.43. The maximum Gasteiger partial charge on any atom is 0.411 e. The van der Waals surface area contributed by atoms with E-state index in [0.717, 1.165) is 11.4 Å². The van der Waals surface area contributed by atoms with E-state index < -0.39 is 23.7 Å². The van der Waals surface area contributed by atoms with Crippen LogP contribution in [0.3, 0.4) is 0 Å². The zero-order valence-electron chi connectivity index (χ0n) is 18.9. The summed E-state index contributed by atoms with van der Waals surface area (Å²) in [7, 11) is 1.32. The van der Waals surface area contributed by atoms with E-state index in [1.54, 1.807) is 25.5 Å². The smallest absolute Gasteiger partial charge is 0.411 e. The second kappa shape index (κ2) is 8.30. The normalized spacial score (nSPS) is 18.0. The summed E-state index contributed by atoms with van der Waals surface area (Å²) in [6, 6.07) is 9.59. The van der Waals surface area contributed by atoms with Gasteiger partial charge >= 0.3 is 12.1 Å². The van der Waals surface area contributed by atoms with Crippen LogP contribution >= 0.6 is 0 Å². The van der Waals surface area contributed by atoms with E-state index in [4.69, 9.17) is 14.6 Å². The van der Waals surface area contributed by atoms with Crippen molar-refractivity contribution in [1.82, 2.24) is 14.7 Å². The van der Waals surface area contributed by atoms with E-state index in [0.29, 0.717) is 30.1 Å². The fraction of sp³-hybridized carbons (Fsp3) is 0.500. The molecule has 0 spiro atoms. The number of ether oxygens (including phenoxy) is 2. The molecule has 1 aliphatic carbocycles. The zero-order valence-corrected chi connectivity index (χ0v) is 18.9. The molecule has 32 heavy (non-hydrogen) atoms. The lowest BCUT2D eigenvalue weighted by Gasteiger charge is -2.33. The highest BCUT2D eigenvalue weighted by Gasteiger charge is 2.39. The number of esters is 1. The topological polar surface area (TPSA) is 97.5 Å². The molecule has 2 aromatic rings. The van der Waals surface area contributed by atoms with Gasteiger partial charge in [0.25, 0.3) is 0 Å². The Morgan fingerprint density at radius 2 is 1.91 bits per heavy atom. The summed E-state index contributed by atoms with van der Waals surface area (Å²) < 4.78 is 12.2. The average Bonchev–Trinajstić information content (AvgIpc) is 3.54. The summed E-state index contributed by atoms with van der Waals surface area (Å²) in [6.07, 6.45) is 2.31. The summed E-state index contributed by atoms with van der Waals surface area (Å²) in [6.45, 7) is 5.68. The van der Waals surface area contributed by atoms with Crippen molar-refractivity contribution in [1.29, 1.82) is 5.26 Å². The first kappa shape index (κ1) is 21.9. The Hall–Kier alpha value is -3.34. The van der Waals surface area contributed by atoms with Gasteiger partial charge in [0.1, 0.15) is 5.60 Å². The van der Waals surface area contributed by atoms with E-state index >= 15 is 0 Å². The van der Waals surface area contributed by atoms with Crippen LogP contribution in [0.1, 0.15) is 68.1 Å². The van der Waals surface area contributed by atoms with Crippen molar-refractivity contribution in [3.8, 4) is 11.8 Å². The van der Waals surface area contributed by atoms with Gasteiger partial charge in [0.05, 0.1) is 36.7 Å². The van der Waals surface area contributed by atoms with Gasteiger partial charge in [-0.05, 0) is 57.2 Å². The molecule has 0 N–H and O–H groups in total. The number of nitriles is 1. The van der Waals surface area contributed by atoms with Crippen LogP contribution < -0.4 is 0 Å². The van der Waals surface area contributed by atoms with Crippen LogP contribution in [-0.4, -0.2) is 46.0 Å². The molecular weight excluding hydrogens is 408 g/mol. The molecule has 1 aromatic heterocycles. The van der Waals surface area contributed by atoms with Gasteiger partial charge in [-0.25, -0.2) is 9.48 Å². The lowest BCUT2D eigenvalue weighted by molar-refractivity contribution is -0.139. The van der Waals surface area contributed by atoms with Crippen LogP contribution in [0.25, 0.3) is 5.69 Å². The molecule has 1 fully saturated rings. The third kappa shape index (κ3) is 4.33. The number of carbonyl (C=O) groups excluding carboxylic acids is 2. The van der Waals surface area contributed by atoms with E-state index in [1.165, 1.54) is 30.4 Å². The SMILES string of the molecule is COC(=O)Cc1nn(-c2ccc(C3CC3)cc2)c2c1C(C#N)N(C(=O)OC(C)(C)C)CC2. The minimum Gasteiger partial charge on any atom is -0.469 e. The predicted octanol–water partition coefficient (Wildman–Crippen LogP) is 3.82. The largest absolute Gasteiger partial charge is 0.469 e. The number of amides is 1. The molecule has 1 unspecified atom stereocenters. The monoisotopic (exact) mass is 436 g/mol. The lowest BCUT2D eigenvalue weighted by atomic mass is 9.96. The van der Waals surface area contributed by atoms with Gasteiger partial charge in [-0.2, -0.15) is 10.4 Å². The van der Waals surface area contributed by atoms with Crippen LogP contribution in [0.15, 0.2) is 24.3 Å². The van der Waals surface area contributed by atoms with Crippen LogP contribution in [0.4, 0.5) is 4.79 Å². The van der Waals surface area contributed by atoms with Crippen molar-refractivity contribution in [2.45, 2.75) is 64.0 Å². The number of benzene rings is 1. The Bertz CT molecular complexity index is 1070. The standard InChI is InChI=1S/C24H28N4O4/c1-24(2,3)32-23(30)27-12-11-19-22(20(27)14-25)18(13-21(29)31-4)26-28(19)17-9-7-16(8-10-17)15-5-6-15/h7-10,15,20H,5-6,11-13H2,1-4H3. The molecule has 1 amide bonds. The number of hydrogen-bond acceptors (Lipinski definition) is 6. The minimum atomic E-state index is -0.896. The maximum atomic E-state index is 12.8. The van der Waals surface area contributed by atoms with E-state index in [1.807, 2.05) is 12.1 Å². The summed E-state index contributed by atoms with van der Waals surface area (Å²) in [5, 5.41) is 14.7. The van der Waals surface area contributed by atoms with E-state index in [-0.39, 0.29) is 6.42 Å². The molecule has 2 aliphatic rings. The highest BCUT2D eigenvalue weighted by molar-refractivity contribution is 5.74. The first-order chi connectivity index (χ1) is 15.2. The van der Waals surface area contributed by atoms with Gasteiger partial charge in [0.15, 0.2) is 6.04 Å². The molecule has 8 heteroatoms. The molecule has 2 heterocycles. The van der Waals surface area contributed by atoms with Gasteiger partial charge in [-0.15, -0.1) is 0 Å². The predicted molar refractivity (Wildman–Crippen MR) is 116 cm³/mol. The summed E-state index contributed by atoms with van der Waals surface area (Å²) in [5.41, 5.74) is 3.35. The number of nitrogens with zero attached hydrogens (tertiary/aromatic N) is 4. The number of rotatable bonds is 4. The summed E-state index contributed by atoms with van der Waals surface area (Å²) in [4.78, 5) is 26.3. The Kier molecular flexibility index (Phi) is 5.68. The number of aromatic nitrogens is 2. The molecule has 1 saturated carbocycles. The van der Waals surface area contributed by atoms with Gasteiger partial charge in [0, 0.05) is 18.5 Å². The Labute approximate surface area is 187 Å². The van der Waals surface area contributed by atoms with Gasteiger partial charge < -0.3 is 9.47 Å². The van der Waals surface area contributed by atoms with Crippen LogP contribution in [0.5, 0.6) is 0 Å². The van der Waals surface area contributed by atoms with Crippen molar-refractivity contribution < 1.29 is 19.1 Å². The second-order valence-corrected chi connectivity index (χ2v) is 9.29. The first-order valence-electron chi connectivity index (χ1n) is 10.9. The molecular formula is C24H28N4O4. The summed E-state index contributed by atoms with van der Waals surface area (Å²) >= 11 is 0. The quantitative estimate of drug-likeness (QED) is 0.676. The average molecular weight is 437 g/mol. The molecule has 0 saturated heterocycles. The minimum absolute atomic E-state index is 0.0771. The number of fused-ring (bicyclic) bond motifs is 1. The van der Waals surface area contributed by atoms with E-state index in [9.17, 15) is 14.9 Å². The fourth-order valence-corrected chi connectivity index (χ4v) is 4.09. The molecule has 0 bridgehead atoms. The molecule has 1 aliphatic heterocycles. The highest BCUT2D eigenvalue weighted by Crippen LogP contribution is 2.40. The molecule has 0 radical (unpaired) electrons. The highest BCUT2D eigenvalue weighted by atomic mass is 16.6. The Balaban J connectivity index is 1.74. The third-order valence-corrected chi connectivity index (χ3v) is 5.75. The van der Waals surface area contributed by atoms with Gasteiger partial charge in [0.2, 0.25) is 0 Å². The fourth-order valence-electron chi connectivity index (χ4n) is 4.09. The van der Waals surface area contributed by atoms with Crippen molar-refractivity contribution in [2.75, 3.05) is 13.7 Å².